The third kappa shape index (κ3) is 6.10. The van der Waals surface area contributed by atoms with Gasteiger partial charge in [-0.15, -0.1) is 11.8 Å². The zero-order valence-electron chi connectivity index (χ0n) is 12.6. The van der Waals surface area contributed by atoms with Gasteiger partial charge in [-0.2, -0.15) is 0 Å². The van der Waals surface area contributed by atoms with Gasteiger partial charge >= 0.3 is 0 Å². The molecule has 0 bridgehead atoms. The van der Waals surface area contributed by atoms with Crippen LogP contribution >= 0.6 is 11.8 Å². The van der Waals surface area contributed by atoms with Crippen LogP contribution < -0.4 is 0 Å². The third-order valence-electron chi connectivity index (χ3n) is 3.59. The Bertz CT molecular complexity index is 315. The van der Waals surface area contributed by atoms with E-state index in [4.69, 9.17) is 4.74 Å². The molecule has 0 aliphatic carbocycles. The fourth-order valence-corrected chi connectivity index (χ4v) is 3.09. The van der Waals surface area contributed by atoms with E-state index in [-0.39, 0.29) is 0 Å². The smallest absolute Gasteiger partial charge is 0.0646 e. The molecule has 1 rings (SSSR count). The second-order valence-corrected chi connectivity index (χ2v) is 7.70. The molecule has 1 nitrogen and oxygen atoms in total. The molecule has 0 saturated carbocycles. The highest BCUT2D eigenvalue weighted by atomic mass is 32.2. The highest BCUT2D eigenvalue weighted by Gasteiger charge is 2.45. The molecule has 2 heteroatoms. The van der Waals surface area contributed by atoms with Crippen molar-refractivity contribution in [3.05, 3.63) is 23.3 Å². The number of hydrogen-bond donors (Lipinski definition) is 0. The van der Waals surface area contributed by atoms with Crippen molar-refractivity contribution in [3.63, 3.8) is 0 Å². The Morgan fingerprint density at radius 3 is 2.33 bits per heavy atom. The molecule has 0 aromatic rings. The normalized spacial score (nSPS) is 23.3. The Morgan fingerprint density at radius 2 is 1.78 bits per heavy atom. The van der Waals surface area contributed by atoms with Crippen LogP contribution in [0.25, 0.3) is 0 Å². The van der Waals surface area contributed by atoms with Gasteiger partial charge in [-0.05, 0) is 53.4 Å². The van der Waals surface area contributed by atoms with Gasteiger partial charge in [0.1, 0.15) is 0 Å². The zero-order valence-corrected chi connectivity index (χ0v) is 13.4. The molecule has 0 radical (unpaired) electrons. The summed E-state index contributed by atoms with van der Waals surface area (Å²) in [5.41, 5.74) is 2.98. The SMILES string of the molecule is COCC=C(C)CCC=C(C)CCC1SC1(C)C. The van der Waals surface area contributed by atoms with E-state index in [1.165, 1.54) is 24.8 Å². The summed E-state index contributed by atoms with van der Waals surface area (Å²) in [4.78, 5) is 0. The summed E-state index contributed by atoms with van der Waals surface area (Å²) in [6.07, 6.45) is 9.51. The first kappa shape index (κ1) is 15.8. The van der Waals surface area contributed by atoms with Crippen molar-refractivity contribution in [3.8, 4) is 0 Å². The van der Waals surface area contributed by atoms with E-state index in [9.17, 15) is 0 Å². The van der Waals surface area contributed by atoms with E-state index in [0.29, 0.717) is 4.75 Å². The number of rotatable bonds is 8. The largest absolute Gasteiger partial charge is 0.381 e. The molecule has 1 atom stereocenters. The Kier molecular flexibility index (Phi) is 6.51. The minimum absolute atomic E-state index is 0.555. The van der Waals surface area contributed by atoms with Crippen molar-refractivity contribution >= 4 is 11.8 Å². The summed E-state index contributed by atoms with van der Waals surface area (Å²) < 4.78 is 5.59. The van der Waals surface area contributed by atoms with Gasteiger partial charge in [0.2, 0.25) is 0 Å². The number of methoxy groups -OCH3 is 1. The fourth-order valence-electron chi connectivity index (χ4n) is 2.07. The summed E-state index contributed by atoms with van der Waals surface area (Å²) in [7, 11) is 1.74. The first-order valence-electron chi connectivity index (χ1n) is 6.93. The summed E-state index contributed by atoms with van der Waals surface area (Å²) in [6.45, 7) is 9.90. The van der Waals surface area contributed by atoms with Crippen LogP contribution in [0.1, 0.15) is 53.4 Å². The van der Waals surface area contributed by atoms with Crippen molar-refractivity contribution in [2.45, 2.75) is 63.4 Å². The molecule has 0 aromatic carbocycles. The van der Waals surface area contributed by atoms with Gasteiger partial charge in [-0.1, -0.05) is 23.3 Å². The standard InChI is InChI=1S/C16H28OS/c1-13(9-10-15-16(3,4)18-15)7-6-8-14(2)11-12-17-5/h7,11,15H,6,8-10,12H2,1-5H3. The Balaban J connectivity index is 2.14. The molecular formula is C16H28OS. The van der Waals surface area contributed by atoms with Crippen LogP contribution in [-0.2, 0) is 4.74 Å². The van der Waals surface area contributed by atoms with Gasteiger partial charge < -0.3 is 4.74 Å². The number of hydrogen-bond acceptors (Lipinski definition) is 2. The fraction of sp³-hybridized carbons (Fsp3) is 0.750. The first-order valence-corrected chi connectivity index (χ1v) is 7.81. The Morgan fingerprint density at radius 1 is 1.17 bits per heavy atom. The highest BCUT2D eigenvalue weighted by Crippen LogP contribution is 2.55. The van der Waals surface area contributed by atoms with E-state index >= 15 is 0 Å². The van der Waals surface area contributed by atoms with E-state index in [1.54, 1.807) is 12.7 Å². The van der Waals surface area contributed by atoms with Crippen molar-refractivity contribution in [1.29, 1.82) is 0 Å². The van der Waals surface area contributed by atoms with Crippen molar-refractivity contribution in [2.24, 2.45) is 0 Å². The predicted octanol–water partition coefficient (Wildman–Crippen LogP) is 4.98. The Labute approximate surface area is 117 Å². The van der Waals surface area contributed by atoms with Gasteiger partial charge in [0.05, 0.1) is 6.61 Å². The van der Waals surface area contributed by atoms with Crippen molar-refractivity contribution in [2.75, 3.05) is 13.7 Å². The van der Waals surface area contributed by atoms with Gasteiger partial charge in [-0.25, -0.2) is 0 Å². The molecule has 1 fully saturated rings. The van der Waals surface area contributed by atoms with Crippen LogP contribution in [0, 0.1) is 0 Å². The summed E-state index contributed by atoms with van der Waals surface area (Å²) >= 11 is 2.12. The van der Waals surface area contributed by atoms with E-state index < -0.39 is 0 Å². The predicted molar refractivity (Wildman–Crippen MR) is 83.3 cm³/mol. The maximum absolute atomic E-state index is 5.04. The van der Waals surface area contributed by atoms with Crippen LogP contribution in [0.5, 0.6) is 0 Å². The molecule has 18 heavy (non-hydrogen) atoms. The van der Waals surface area contributed by atoms with Crippen LogP contribution in [0.3, 0.4) is 0 Å². The molecular weight excluding hydrogens is 240 g/mol. The minimum atomic E-state index is 0.555. The van der Waals surface area contributed by atoms with Crippen molar-refractivity contribution in [1.82, 2.24) is 0 Å². The highest BCUT2D eigenvalue weighted by molar-refractivity contribution is 8.08. The van der Waals surface area contributed by atoms with Crippen LogP contribution in [0.2, 0.25) is 0 Å². The summed E-state index contributed by atoms with van der Waals surface area (Å²) in [5, 5.41) is 0.893. The molecule has 1 saturated heterocycles. The second kappa shape index (κ2) is 7.40. The van der Waals surface area contributed by atoms with Gasteiger partial charge in [0.15, 0.2) is 0 Å². The first-order chi connectivity index (χ1) is 8.45. The third-order valence-corrected chi connectivity index (χ3v) is 5.34. The molecule has 0 N–H and O–H groups in total. The molecule has 1 unspecified atom stereocenters. The molecule has 104 valence electrons. The Hall–Kier alpha value is -0.210. The van der Waals surface area contributed by atoms with Gasteiger partial charge in [0.25, 0.3) is 0 Å². The summed E-state index contributed by atoms with van der Waals surface area (Å²) in [5.74, 6) is 0. The number of thioether (sulfide) groups is 1. The number of ether oxygens (including phenoxy) is 1. The summed E-state index contributed by atoms with van der Waals surface area (Å²) in [6, 6.07) is 0. The van der Waals surface area contributed by atoms with Crippen LogP contribution in [-0.4, -0.2) is 23.7 Å². The van der Waals surface area contributed by atoms with Crippen molar-refractivity contribution < 1.29 is 4.74 Å². The number of allylic oxidation sites excluding steroid dienone is 3. The average Bonchev–Trinajstić information content (AvgIpc) is 2.92. The van der Waals surface area contributed by atoms with Gasteiger partial charge in [-0.3, -0.25) is 0 Å². The van der Waals surface area contributed by atoms with E-state index in [1.807, 2.05) is 0 Å². The van der Waals surface area contributed by atoms with Crippen LogP contribution in [0.4, 0.5) is 0 Å². The molecule has 0 amide bonds. The van der Waals surface area contributed by atoms with Gasteiger partial charge in [0, 0.05) is 17.1 Å². The lowest BCUT2D eigenvalue weighted by Gasteiger charge is -2.03. The molecule has 1 aliphatic heterocycles. The lowest BCUT2D eigenvalue weighted by Crippen LogP contribution is -2.02. The quantitative estimate of drug-likeness (QED) is 0.453. The topological polar surface area (TPSA) is 9.23 Å². The van der Waals surface area contributed by atoms with E-state index in [0.717, 1.165) is 18.3 Å². The zero-order chi connectivity index (χ0) is 13.6. The second-order valence-electron chi connectivity index (χ2n) is 5.84. The molecule has 1 heterocycles. The average molecular weight is 268 g/mol. The minimum Gasteiger partial charge on any atom is -0.381 e. The lowest BCUT2D eigenvalue weighted by molar-refractivity contribution is 0.233. The molecule has 1 aliphatic rings. The maximum Gasteiger partial charge on any atom is 0.0646 e. The monoisotopic (exact) mass is 268 g/mol. The lowest BCUT2D eigenvalue weighted by atomic mass is 10.0. The van der Waals surface area contributed by atoms with E-state index in [2.05, 4.69) is 51.6 Å². The van der Waals surface area contributed by atoms with Crippen LogP contribution in [0.15, 0.2) is 23.3 Å². The molecule has 0 spiro atoms. The molecule has 0 aromatic heterocycles. The maximum atomic E-state index is 5.04.